The van der Waals surface area contributed by atoms with Crippen LogP contribution in [0.25, 0.3) is 0 Å². The number of nitrogens with zero attached hydrogens (tertiary/aromatic N) is 2. The standard InChI is InChI=1S/C29H33Cl2N3O4S/c1-5-26(28(36)32-29(2,3)4)33(19-21-11-9-10-14-25(21)31)27(35)20-34(23-12-7-6-8-13-23)39(37,38)24-17-15-22(30)16-18-24/h6-18,26H,5,19-20H2,1-4H3,(H,32,36)/t26-/m0/s1. The summed E-state index contributed by atoms with van der Waals surface area (Å²) in [5.74, 6) is -0.885. The van der Waals surface area contributed by atoms with Crippen LogP contribution in [0.4, 0.5) is 5.69 Å². The third-order valence-electron chi connectivity index (χ3n) is 5.91. The molecule has 0 fully saturated rings. The molecular weight excluding hydrogens is 557 g/mol. The first-order chi connectivity index (χ1) is 18.3. The van der Waals surface area contributed by atoms with Crippen molar-refractivity contribution in [2.24, 2.45) is 0 Å². The van der Waals surface area contributed by atoms with Crippen LogP contribution >= 0.6 is 23.2 Å². The van der Waals surface area contributed by atoms with Gasteiger partial charge < -0.3 is 10.2 Å². The molecule has 3 aromatic rings. The highest BCUT2D eigenvalue weighted by Gasteiger charge is 2.34. The number of carbonyl (C=O) groups is 2. The number of carbonyl (C=O) groups excluding carboxylic acids is 2. The highest BCUT2D eigenvalue weighted by Crippen LogP contribution is 2.26. The van der Waals surface area contributed by atoms with Crippen LogP contribution in [0.15, 0.2) is 83.8 Å². The molecule has 10 heteroatoms. The molecule has 1 atom stereocenters. The minimum Gasteiger partial charge on any atom is -0.350 e. The maximum atomic E-state index is 14.0. The van der Waals surface area contributed by atoms with Crippen LogP contribution in [-0.2, 0) is 26.2 Å². The molecule has 0 radical (unpaired) electrons. The lowest BCUT2D eigenvalue weighted by atomic mass is 10.1. The fourth-order valence-corrected chi connectivity index (χ4v) is 5.77. The lowest BCUT2D eigenvalue weighted by molar-refractivity contribution is -0.141. The van der Waals surface area contributed by atoms with Crippen molar-refractivity contribution in [1.29, 1.82) is 0 Å². The van der Waals surface area contributed by atoms with Gasteiger partial charge in [0.25, 0.3) is 10.0 Å². The largest absolute Gasteiger partial charge is 0.350 e. The van der Waals surface area contributed by atoms with Crippen molar-refractivity contribution in [2.45, 2.75) is 57.1 Å². The summed E-state index contributed by atoms with van der Waals surface area (Å²) in [6, 6.07) is 20.3. The molecule has 0 heterocycles. The van der Waals surface area contributed by atoms with Crippen LogP contribution in [0.5, 0.6) is 0 Å². The molecule has 0 aromatic heterocycles. The van der Waals surface area contributed by atoms with Crippen molar-refractivity contribution >= 4 is 50.7 Å². The second-order valence-electron chi connectivity index (χ2n) is 10.1. The molecule has 0 saturated carbocycles. The topological polar surface area (TPSA) is 86.8 Å². The van der Waals surface area contributed by atoms with Crippen molar-refractivity contribution in [3.8, 4) is 0 Å². The molecule has 0 bridgehead atoms. The van der Waals surface area contributed by atoms with E-state index >= 15 is 0 Å². The number of sulfonamides is 1. The second kappa shape index (κ2) is 12.9. The van der Waals surface area contributed by atoms with E-state index in [0.717, 1.165) is 4.31 Å². The molecule has 39 heavy (non-hydrogen) atoms. The molecule has 0 aliphatic heterocycles. The molecule has 208 valence electrons. The molecule has 3 rings (SSSR count). The van der Waals surface area contributed by atoms with E-state index in [1.165, 1.54) is 29.2 Å². The number of amides is 2. The summed E-state index contributed by atoms with van der Waals surface area (Å²) < 4.78 is 28.6. The quantitative estimate of drug-likeness (QED) is 0.318. The number of hydrogen-bond donors (Lipinski definition) is 1. The normalized spacial score (nSPS) is 12.5. The third-order valence-corrected chi connectivity index (χ3v) is 8.32. The van der Waals surface area contributed by atoms with Crippen LogP contribution in [0.3, 0.4) is 0 Å². The van der Waals surface area contributed by atoms with E-state index in [1.54, 1.807) is 61.5 Å². The van der Waals surface area contributed by atoms with Gasteiger partial charge in [-0.2, -0.15) is 0 Å². The summed E-state index contributed by atoms with van der Waals surface area (Å²) in [6.07, 6.45) is 0.313. The van der Waals surface area contributed by atoms with Gasteiger partial charge in [0.15, 0.2) is 0 Å². The van der Waals surface area contributed by atoms with Crippen LogP contribution in [0, 0.1) is 0 Å². The van der Waals surface area contributed by atoms with Gasteiger partial charge in [-0.25, -0.2) is 8.42 Å². The molecular formula is C29H33Cl2N3O4S. The lowest BCUT2D eigenvalue weighted by Crippen LogP contribution is -2.55. The Bertz CT molecular complexity index is 1390. The Labute approximate surface area is 240 Å². The van der Waals surface area contributed by atoms with E-state index in [2.05, 4.69) is 5.32 Å². The molecule has 1 N–H and O–H groups in total. The minimum absolute atomic E-state index is 0.0151. The number of rotatable bonds is 10. The van der Waals surface area contributed by atoms with E-state index in [9.17, 15) is 18.0 Å². The van der Waals surface area contributed by atoms with E-state index in [1.807, 2.05) is 20.8 Å². The monoisotopic (exact) mass is 589 g/mol. The fraction of sp³-hybridized carbons (Fsp3) is 0.310. The van der Waals surface area contributed by atoms with Crippen LogP contribution in [0.1, 0.15) is 39.7 Å². The van der Waals surface area contributed by atoms with Gasteiger partial charge in [-0.3, -0.25) is 13.9 Å². The van der Waals surface area contributed by atoms with Crippen molar-refractivity contribution in [2.75, 3.05) is 10.8 Å². The molecule has 7 nitrogen and oxygen atoms in total. The van der Waals surface area contributed by atoms with Crippen molar-refractivity contribution in [3.05, 3.63) is 94.5 Å². The summed E-state index contributed by atoms with van der Waals surface area (Å²) >= 11 is 12.4. The smallest absolute Gasteiger partial charge is 0.264 e. The Morgan fingerprint density at radius 1 is 0.897 bits per heavy atom. The number of para-hydroxylation sites is 1. The third kappa shape index (κ3) is 7.97. The SMILES string of the molecule is CC[C@@H](C(=O)NC(C)(C)C)N(Cc1ccccc1Cl)C(=O)CN(c1ccccc1)S(=O)(=O)c1ccc(Cl)cc1. The Morgan fingerprint density at radius 2 is 1.49 bits per heavy atom. The summed E-state index contributed by atoms with van der Waals surface area (Å²) in [7, 11) is -4.16. The van der Waals surface area contributed by atoms with E-state index < -0.39 is 34.1 Å². The molecule has 0 aliphatic carbocycles. The number of benzene rings is 3. The highest BCUT2D eigenvalue weighted by atomic mass is 35.5. The first kappa shape index (κ1) is 30.5. The number of halogens is 2. The molecule has 0 unspecified atom stereocenters. The van der Waals surface area contributed by atoms with Crippen molar-refractivity contribution in [3.63, 3.8) is 0 Å². The molecule has 0 spiro atoms. The Morgan fingerprint density at radius 3 is 2.05 bits per heavy atom. The first-order valence-corrected chi connectivity index (χ1v) is 14.7. The summed E-state index contributed by atoms with van der Waals surface area (Å²) in [5, 5.41) is 3.77. The summed E-state index contributed by atoms with van der Waals surface area (Å²) in [6.45, 7) is 6.87. The summed E-state index contributed by atoms with van der Waals surface area (Å²) in [5.41, 5.74) is 0.421. The molecule has 0 aliphatic rings. The zero-order valence-corrected chi connectivity index (χ0v) is 24.7. The minimum atomic E-state index is -4.16. The Balaban J connectivity index is 2.06. The van der Waals surface area contributed by atoms with Gasteiger partial charge in [0.1, 0.15) is 12.6 Å². The van der Waals surface area contributed by atoms with Gasteiger partial charge in [-0.1, -0.05) is 66.5 Å². The first-order valence-electron chi connectivity index (χ1n) is 12.5. The van der Waals surface area contributed by atoms with Gasteiger partial charge >= 0.3 is 0 Å². The molecule has 0 saturated heterocycles. The van der Waals surface area contributed by atoms with Gasteiger partial charge in [-0.15, -0.1) is 0 Å². The van der Waals surface area contributed by atoms with Crippen LogP contribution < -0.4 is 9.62 Å². The second-order valence-corrected chi connectivity index (χ2v) is 12.8. The van der Waals surface area contributed by atoms with E-state index in [-0.39, 0.29) is 17.3 Å². The van der Waals surface area contributed by atoms with Crippen molar-refractivity contribution < 1.29 is 18.0 Å². The lowest BCUT2D eigenvalue weighted by Gasteiger charge is -2.35. The van der Waals surface area contributed by atoms with E-state index in [4.69, 9.17) is 23.2 Å². The molecule has 3 aromatic carbocycles. The Kier molecular flexibility index (Phi) is 10.0. The predicted octanol–water partition coefficient (Wildman–Crippen LogP) is 5.91. The maximum absolute atomic E-state index is 14.0. The fourth-order valence-electron chi connectivity index (χ4n) is 4.04. The van der Waals surface area contributed by atoms with Gasteiger partial charge in [0.05, 0.1) is 10.6 Å². The average Bonchev–Trinajstić information content (AvgIpc) is 2.87. The maximum Gasteiger partial charge on any atom is 0.264 e. The van der Waals surface area contributed by atoms with Gasteiger partial charge in [-0.05, 0) is 75.2 Å². The number of anilines is 1. The van der Waals surface area contributed by atoms with Gasteiger partial charge in [0, 0.05) is 22.1 Å². The Hall–Kier alpha value is -3.07. The van der Waals surface area contributed by atoms with E-state index in [0.29, 0.717) is 27.7 Å². The van der Waals surface area contributed by atoms with Gasteiger partial charge in [0.2, 0.25) is 11.8 Å². The van der Waals surface area contributed by atoms with Crippen molar-refractivity contribution in [1.82, 2.24) is 10.2 Å². The number of nitrogens with one attached hydrogen (secondary N) is 1. The predicted molar refractivity (Wildman–Crippen MR) is 156 cm³/mol. The van der Waals surface area contributed by atoms with Crippen LogP contribution in [-0.4, -0.2) is 43.3 Å². The zero-order chi connectivity index (χ0) is 28.8. The highest BCUT2D eigenvalue weighted by molar-refractivity contribution is 7.92. The number of hydrogen-bond acceptors (Lipinski definition) is 4. The molecule has 2 amide bonds. The zero-order valence-electron chi connectivity index (χ0n) is 22.4. The van der Waals surface area contributed by atoms with Crippen LogP contribution in [0.2, 0.25) is 10.0 Å². The average molecular weight is 591 g/mol. The summed E-state index contributed by atoms with van der Waals surface area (Å²) in [4.78, 5) is 28.7.